The lowest BCUT2D eigenvalue weighted by molar-refractivity contribution is 0.169. The number of aromatic nitrogens is 2. The van der Waals surface area contributed by atoms with Gasteiger partial charge in [0.15, 0.2) is 5.96 Å². The minimum absolute atomic E-state index is 0.123. The SMILES string of the molecule is COc1ccc(CCn2c(C)nc3cc(NC(=N[C@H]4CCC(C)(C)CC4C)N4CCNCC4)ccc3c2=O)c(F)c1. The molecule has 220 valence electrons. The number of rotatable bonds is 6. The van der Waals surface area contributed by atoms with E-state index in [0.717, 1.165) is 44.2 Å². The van der Waals surface area contributed by atoms with Gasteiger partial charge in [-0.3, -0.25) is 9.36 Å². The number of hydrogen-bond donors (Lipinski definition) is 2. The highest BCUT2D eigenvalue weighted by Crippen LogP contribution is 2.40. The first kappa shape index (κ1) is 29.0. The standard InChI is InChI=1S/C32H43FN6O2/c1-21-20-32(3,4)12-10-28(21)37-31(38-16-13-34-14-17-38)36-24-7-9-26-29(18-24)35-22(2)39(30(26)40)15-11-23-6-8-25(41-5)19-27(23)33/h6-9,18-19,21,28,34H,10-17,20H2,1-5H3,(H,36,37)/t21?,28-/m0/s1. The Kier molecular flexibility index (Phi) is 8.63. The van der Waals surface area contributed by atoms with Gasteiger partial charge in [0.05, 0.1) is 24.1 Å². The average Bonchev–Trinajstić information content (AvgIpc) is 2.94. The molecule has 41 heavy (non-hydrogen) atoms. The van der Waals surface area contributed by atoms with Gasteiger partial charge in [0.1, 0.15) is 17.4 Å². The van der Waals surface area contributed by atoms with Crippen LogP contribution in [-0.4, -0.2) is 59.7 Å². The fourth-order valence-electron chi connectivity index (χ4n) is 6.24. The van der Waals surface area contributed by atoms with Crippen molar-refractivity contribution >= 4 is 22.5 Å². The van der Waals surface area contributed by atoms with Crippen LogP contribution in [0.1, 0.15) is 51.4 Å². The van der Waals surface area contributed by atoms with Crippen LogP contribution in [0.5, 0.6) is 5.75 Å². The largest absolute Gasteiger partial charge is 0.497 e. The number of halogens is 1. The van der Waals surface area contributed by atoms with E-state index < -0.39 is 0 Å². The zero-order valence-electron chi connectivity index (χ0n) is 25.0. The minimum Gasteiger partial charge on any atom is -0.497 e. The average molecular weight is 563 g/mol. The lowest BCUT2D eigenvalue weighted by Gasteiger charge is -2.39. The third-order valence-corrected chi connectivity index (χ3v) is 8.62. The molecule has 1 unspecified atom stereocenters. The lowest BCUT2D eigenvalue weighted by atomic mass is 9.71. The second kappa shape index (κ2) is 12.2. The van der Waals surface area contributed by atoms with Gasteiger partial charge in [0, 0.05) is 44.5 Å². The molecular weight excluding hydrogens is 519 g/mol. The summed E-state index contributed by atoms with van der Waals surface area (Å²) < 4.78 is 21.2. The molecule has 1 saturated carbocycles. The van der Waals surface area contributed by atoms with E-state index in [1.807, 2.05) is 25.1 Å². The fraction of sp³-hybridized carbons (Fsp3) is 0.531. The number of fused-ring (bicyclic) bond motifs is 1. The van der Waals surface area contributed by atoms with Crippen molar-refractivity contribution in [2.75, 3.05) is 38.6 Å². The Morgan fingerprint density at radius 1 is 1.22 bits per heavy atom. The van der Waals surface area contributed by atoms with Crippen molar-refractivity contribution < 1.29 is 9.13 Å². The van der Waals surface area contributed by atoms with Crippen LogP contribution in [0.25, 0.3) is 10.9 Å². The summed E-state index contributed by atoms with van der Waals surface area (Å²) in [6, 6.07) is 10.8. The maximum absolute atomic E-state index is 14.5. The van der Waals surface area contributed by atoms with Gasteiger partial charge in [-0.1, -0.05) is 26.8 Å². The smallest absolute Gasteiger partial charge is 0.261 e. The number of piperazine rings is 1. The molecule has 2 atom stereocenters. The third-order valence-electron chi connectivity index (χ3n) is 8.62. The fourth-order valence-corrected chi connectivity index (χ4v) is 6.24. The van der Waals surface area contributed by atoms with E-state index in [1.165, 1.54) is 26.0 Å². The van der Waals surface area contributed by atoms with E-state index >= 15 is 0 Å². The summed E-state index contributed by atoms with van der Waals surface area (Å²) in [5.74, 6) is 2.15. The Balaban J connectivity index is 1.38. The van der Waals surface area contributed by atoms with Crippen LogP contribution in [0.2, 0.25) is 0 Å². The molecule has 1 aromatic heterocycles. The summed E-state index contributed by atoms with van der Waals surface area (Å²) in [6.07, 6.45) is 3.82. The highest BCUT2D eigenvalue weighted by Gasteiger charge is 2.33. The van der Waals surface area contributed by atoms with Crippen molar-refractivity contribution in [1.82, 2.24) is 19.8 Å². The highest BCUT2D eigenvalue weighted by molar-refractivity contribution is 5.96. The highest BCUT2D eigenvalue weighted by atomic mass is 19.1. The van der Waals surface area contributed by atoms with Crippen molar-refractivity contribution in [1.29, 1.82) is 0 Å². The molecule has 3 aromatic rings. The van der Waals surface area contributed by atoms with Crippen LogP contribution < -0.4 is 20.9 Å². The van der Waals surface area contributed by atoms with Gasteiger partial charge >= 0.3 is 0 Å². The maximum Gasteiger partial charge on any atom is 0.261 e. The molecule has 9 heteroatoms. The van der Waals surface area contributed by atoms with Crippen molar-refractivity contribution in [3.63, 3.8) is 0 Å². The predicted octanol–water partition coefficient (Wildman–Crippen LogP) is 4.98. The van der Waals surface area contributed by atoms with Gasteiger partial charge < -0.3 is 20.3 Å². The molecular formula is C32H43FN6O2. The number of methoxy groups -OCH3 is 1. The molecule has 0 amide bonds. The summed E-state index contributed by atoms with van der Waals surface area (Å²) >= 11 is 0. The molecule has 5 rings (SSSR count). The van der Waals surface area contributed by atoms with Crippen molar-refractivity contribution in [3.8, 4) is 5.75 Å². The van der Waals surface area contributed by atoms with Crippen molar-refractivity contribution in [2.24, 2.45) is 16.3 Å². The summed E-state index contributed by atoms with van der Waals surface area (Å²) in [5, 5.41) is 7.56. The minimum atomic E-state index is -0.340. The number of aliphatic imine (C=N–C) groups is 1. The van der Waals surface area contributed by atoms with Crippen LogP contribution in [0.15, 0.2) is 46.2 Å². The van der Waals surface area contributed by atoms with E-state index in [1.54, 1.807) is 16.7 Å². The number of nitrogens with zero attached hydrogens (tertiary/aromatic N) is 4. The maximum atomic E-state index is 14.5. The normalized spacial score (nSPS) is 21.2. The Labute approximate surface area is 242 Å². The first-order valence-electron chi connectivity index (χ1n) is 14.8. The van der Waals surface area contributed by atoms with Crippen molar-refractivity contribution in [2.45, 2.75) is 66.0 Å². The first-order chi connectivity index (χ1) is 19.6. The number of guanidine groups is 1. The number of anilines is 1. The molecule has 1 saturated heterocycles. The summed E-state index contributed by atoms with van der Waals surface area (Å²) in [6.45, 7) is 12.8. The molecule has 1 aliphatic carbocycles. The number of nitrogens with one attached hydrogen (secondary N) is 2. The number of hydrogen-bond acceptors (Lipinski definition) is 5. The van der Waals surface area contributed by atoms with Crippen LogP contribution in [0.4, 0.5) is 10.1 Å². The number of ether oxygens (including phenoxy) is 1. The van der Waals surface area contributed by atoms with Crippen LogP contribution in [0.3, 0.4) is 0 Å². The van der Waals surface area contributed by atoms with Crippen molar-refractivity contribution in [3.05, 3.63) is 64.0 Å². The third kappa shape index (κ3) is 6.72. The molecule has 8 nitrogen and oxygen atoms in total. The molecule has 2 aliphatic rings. The van der Waals surface area contributed by atoms with E-state index in [0.29, 0.717) is 52.3 Å². The second-order valence-electron chi connectivity index (χ2n) is 12.3. The predicted molar refractivity (Wildman–Crippen MR) is 163 cm³/mol. The molecule has 2 fully saturated rings. The van der Waals surface area contributed by atoms with E-state index in [2.05, 4.69) is 36.3 Å². The molecule has 2 heterocycles. The summed E-state index contributed by atoms with van der Waals surface area (Å²) in [4.78, 5) is 25.8. The molecule has 0 radical (unpaired) electrons. The number of aryl methyl sites for hydroxylation is 2. The molecule has 2 aromatic carbocycles. The van der Waals surface area contributed by atoms with Gasteiger partial charge in [-0.25, -0.2) is 14.4 Å². The Hall–Kier alpha value is -3.46. The number of benzene rings is 2. The van der Waals surface area contributed by atoms with Crippen LogP contribution >= 0.6 is 0 Å². The summed E-state index contributed by atoms with van der Waals surface area (Å²) in [5.41, 5.74) is 2.28. The quantitative estimate of drug-likeness (QED) is 0.326. The van der Waals surface area contributed by atoms with E-state index in [9.17, 15) is 9.18 Å². The Bertz CT molecular complexity index is 1480. The van der Waals surface area contributed by atoms with Crippen LogP contribution in [-0.2, 0) is 13.0 Å². The first-order valence-corrected chi connectivity index (χ1v) is 14.8. The molecule has 1 aliphatic heterocycles. The monoisotopic (exact) mass is 562 g/mol. The topological polar surface area (TPSA) is 83.8 Å². The summed E-state index contributed by atoms with van der Waals surface area (Å²) in [7, 11) is 1.51. The Morgan fingerprint density at radius 3 is 2.71 bits per heavy atom. The van der Waals surface area contributed by atoms with E-state index in [4.69, 9.17) is 14.7 Å². The van der Waals surface area contributed by atoms with E-state index in [-0.39, 0.29) is 17.4 Å². The van der Waals surface area contributed by atoms with Gasteiger partial charge in [-0.05, 0) is 73.8 Å². The van der Waals surface area contributed by atoms with Gasteiger partial charge in [-0.15, -0.1) is 0 Å². The molecule has 0 bridgehead atoms. The zero-order valence-corrected chi connectivity index (χ0v) is 25.0. The Morgan fingerprint density at radius 2 is 2.00 bits per heavy atom. The lowest BCUT2D eigenvalue weighted by Crippen LogP contribution is -2.49. The molecule has 0 spiro atoms. The molecule has 2 N–H and O–H groups in total. The van der Waals surface area contributed by atoms with Gasteiger partial charge in [-0.2, -0.15) is 0 Å². The zero-order chi connectivity index (χ0) is 29.1. The van der Waals surface area contributed by atoms with Gasteiger partial charge in [0.25, 0.3) is 5.56 Å². The second-order valence-corrected chi connectivity index (χ2v) is 12.3. The van der Waals surface area contributed by atoms with Gasteiger partial charge in [0.2, 0.25) is 0 Å². The van der Waals surface area contributed by atoms with Crippen LogP contribution in [0, 0.1) is 24.1 Å².